The monoisotopic (exact) mass is 275 g/mol. The molecule has 0 aliphatic heterocycles. The van der Waals surface area contributed by atoms with Crippen LogP contribution in [0.1, 0.15) is 19.4 Å². The van der Waals surface area contributed by atoms with Crippen molar-refractivity contribution in [3.05, 3.63) is 28.8 Å². The fraction of sp³-hybridized carbons (Fsp3) is 0.538. The molecule has 0 spiro atoms. The Hall–Kier alpha value is -0.440. The second kappa shape index (κ2) is 7.10. The summed E-state index contributed by atoms with van der Waals surface area (Å²) in [5.41, 5.74) is 2.19. The Bertz CT molecular complexity index is 357. The summed E-state index contributed by atoms with van der Waals surface area (Å²) < 4.78 is 5.20. The Kier molecular flexibility index (Phi) is 6.10. The van der Waals surface area contributed by atoms with Gasteiger partial charge >= 0.3 is 0 Å². The number of likely N-dealkylation sites (N-methyl/N-ethyl adjacent to an activating group) is 1. The number of hydrogen-bond acceptors (Lipinski definition) is 2. The van der Waals surface area contributed by atoms with E-state index < -0.39 is 0 Å². The van der Waals surface area contributed by atoms with Crippen molar-refractivity contribution in [2.45, 2.75) is 25.8 Å². The Labute approximate surface area is 113 Å². The lowest BCUT2D eigenvalue weighted by atomic mass is 10.1. The van der Waals surface area contributed by atoms with Crippen molar-refractivity contribution in [3.8, 4) is 0 Å². The Morgan fingerprint density at radius 3 is 2.65 bits per heavy atom. The molecule has 1 aromatic rings. The molecule has 0 N–H and O–H groups in total. The van der Waals surface area contributed by atoms with E-state index in [9.17, 15) is 0 Å². The highest BCUT2D eigenvalue weighted by atomic mass is 35.5. The highest BCUT2D eigenvalue weighted by Crippen LogP contribution is 2.27. The van der Waals surface area contributed by atoms with Gasteiger partial charge in [-0.3, -0.25) is 0 Å². The van der Waals surface area contributed by atoms with E-state index in [0.717, 1.165) is 22.8 Å². The van der Waals surface area contributed by atoms with E-state index in [1.54, 1.807) is 7.11 Å². The number of ether oxygens (including phenoxy) is 1. The minimum Gasteiger partial charge on any atom is -0.383 e. The number of anilines is 1. The molecule has 2 nitrogen and oxygen atoms in total. The van der Waals surface area contributed by atoms with Crippen molar-refractivity contribution in [2.75, 3.05) is 25.2 Å². The molecule has 0 saturated heterocycles. The van der Waals surface area contributed by atoms with Gasteiger partial charge in [-0.15, -0.1) is 11.6 Å². The van der Waals surface area contributed by atoms with Gasteiger partial charge in [0.2, 0.25) is 0 Å². The number of methoxy groups -OCH3 is 1. The predicted octanol–water partition coefficient (Wildman–Crippen LogP) is 3.94. The lowest BCUT2D eigenvalue weighted by molar-refractivity contribution is 0.182. The van der Waals surface area contributed by atoms with Crippen LogP contribution in [0, 0.1) is 0 Å². The van der Waals surface area contributed by atoms with Crippen molar-refractivity contribution in [1.29, 1.82) is 0 Å². The van der Waals surface area contributed by atoms with Crippen LogP contribution in [-0.2, 0) is 10.6 Å². The van der Waals surface area contributed by atoms with Gasteiger partial charge in [0.25, 0.3) is 0 Å². The first-order valence-corrected chi connectivity index (χ1v) is 6.65. The normalized spacial score (nSPS) is 12.5. The number of rotatable bonds is 6. The summed E-state index contributed by atoms with van der Waals surface area (Å²) in [7, 11) is 1.71. The Morgan fingerprint density at radius 2 is 2.12 bits per heavy atom. The van der Waals surface area contributed by atoms with Gasteiger partial charge in [0.05, 0.1) is 6.61 Å². The molecule has 17 heavy (non-hydrogen) atoms. The molecule has 0 heterocycles. The summed E-state index contributed by atoms with van der Waals surface area (Å²) in [5.74, 6) is 0.489. The SMILES string of the molecule is CCN(c1cc(Cl)ccc1CCl)C(C)COC. The van der Waals surface area contributed by atoms with E-state index in [1.807, 2.05) is 18.2 Å². The van der Waals surface area contributed by atoms with Gasteiger partial charge in [0, 0.05) is 36.3 Å². The van der Waals surface area contributed by atoms with Crippen LogP contribution < -0.4 is 4.90 Å². The van der Waals surface area contributed by atoms with E-state index in [-0.39, 0.29) is 0 Å². The molecule has 0 bridgehead atoms. The minimum absolute atomic E-state index is 0.297. The molecule has 96 valence electrons. The molecule has 1 aromatic carbocycles. The molecular formula is C13H19Cl2NO. The molecule has 0 aliphatic rings. The van der Waals surface area contributed by atoms with Gasteiger partial charge < -0.3 is 9.64 Å². The number of halogens is 2. The molecular weight excluding hydrogens is 257 g/mol. The third-order valence-electron chi connectivity index (χ3n) is 2.78. The highest BCUT2D eigenvalue weighted by Gasteiger charge is 2.16. The topological polar surface area (TPSA) is 12.5 Å². The van der Waals surface area contributed by atoms with E-state index in [1.165, 1.54) is 0 Å². The van der Waals surface area contributed by atoms with Crippen molar-refractivity contribution < 1.29 is 4.74 Å². The van der Waals surface area contributed by atoms with E-state index >= 15 is 0 Å². The van der Waals surface area contributed by atoms with Crippen LogP contribution in [0.3, 0.4) is 0 Å². The number of nitrogens with zero attached hydrogens (tertiary/aromatic N) is 1. The number of hydrogen-bond donors (Lipinski definition) is 0. The zero-order chi connectivity index (χ0) is 12.8. The smallest absolute Gasteiger partial charge is 0.0663 e. The van der Waals surface area contributed by atoms with Crippen LogP contribution in [0.4, 0.5) is 5.69 Å². The minimum atomic E-state index is 0.297. The fourth-order valence-electron chi connectivity index (χ4n) is 1.97. The van der Waals surface area contributed by atoms with E-state index in [2.05, 4.69) is 18.7 Å². The number of benzene rings is 1. The van der Waals surface area contributed by atoms with E-state index in [0.29, 0.717) is 18.5 Å². The first-order valence-electron chi connectivity index (χ1n) is 5.74. The molecule has 0 aromatic heterocycles. The average Bonchev–Trinajstić information content (AvgIpc) is 2.31. The number of alkyl halides is 1. The first kappa shape index (κ1) is 14.6. The van der Waals surface area contributed by atoms with Gasteiger partial charge in [0.1, 0.15) is 0 Å². The zero-order valence-corrected chi connectivity index (χ0v) is 12.1. The van der Waals surface area contributed by atoms with Gasteiger partial charge in [-0.05, 0) is 31.5 Å². The second-order valence-corrected chi connectivity index (χ2v) is 4.70. The molecule has 0 radical (unpaired) electrons. The second-order valence-electron chi connectivity index (χ2n) is 4.00. The van der Waals surface area contributed by atoms with Crippen molar-refractivity contribution >= 4 is 28.9 Å². The maximum absolute atomic E-state index is 6.06. The summed E-state index contributed by atoms with van der Waals surface area (Å²) in [6.45, 7) is 5.83. The molecule has 0 saturated carbocycles. The van der Waals surface area contributed by atoms with Crippen molar-refractivity contribution in [1.82, 2.24) is 0 Å². The molecule has 4 heteroatoms. The average molecular weight is 276 g/mol. The quantitative estimate of drug-likeness (QED) is 0.730. The van der Waals surface area contributed by atoms with Crippen LogP contribution in [-0.4, -0.2) is 26.3 Å². The maximum atomic E-state index is 6.06. The van der Waals surface area contributed by atoms with Crippen LogP contribution in [0.2, 0.25) is 5.02 Å². The zero-order valence-electron chi connectivity index (χ0n) is 10.5. The molecule has 1 unspecified atom stereocenters. The lowest BCUT2D eigenvalue weighted by Crippen LogP contribution is -2.36. The maximum Gasteiger partial charge on any atom is 0.0663 e. The van der Waals surface area contributed by atoms with Crippen LogP contribution in [0.5, 0.6) is 0 Å². The largest absolute Gasteiger partial charge is 0.383 e. The standard InChI is InChI=1S/C13H19Cl2NO/c1-4-16(10(2)9-17-3)13-7-12(15)6-5-11(13)8-14/h5-7,10H,4,8-9H2,1-3H3. The van der Waals surface area contributed by atoms with Gasteiger partial charge in [-0.2, -0.15) is 0 Å². The molecule has 1 atom stereocenters. The third kappa shape index (κ3) is 3.77. The summed E-state index contributed by atoms with van der Waals surface area (Å²) >= 11 is 12.0. The van der Waals surface area contributed by atoms with Gasteiger partial charge in [-0.1, -0.05) is 17.7 Å². The van der Waals surface area contributed by atoms with E-state index in [4.69, 9.17) is 27.9 Å². The van der Waals surface area contributed by atoms with Crippen LogP contribution >= 0.6 is 23.2 Å². The summed E-state index contributed by atoms with van der Waals surface area (Å²) in [5, 5.41) is 0.733. The summed E-state index contributed by atoms with van der Waals surface area (Å²) in [6.07, 6.45) is 0. The Balaban J connectivity index is 3.05. The summed E-state index contributed by atoms with van der Waals surface area (Å²) in [6, 6.07) is 6.12. The summed E-state index contributed by atoms with van der Waals surface area (Å²) in [4.78, 5) is 2.26. The predicted molar refractivity (Wildman–Crippen MR) is 75.4 cm³/mol. The van der Waals surface area contributed by atoms with Crippen molar-refractivity contribution in [3.63, 3.8) is 0 Å². The molecule has 0 amide bonds. The van der Waals surface area contributed by atoms with Crippen molar-refractivity contribution in [2.24, 2.45) is 0 Å². The fourth-order valence-corrected chi connectivity index (χ4v) is 2.36. The van der Waals surface area contributed by atoms with Gasteiger partial charge in [0.15, 0.2) is 0 Å². The Morgan fingerprint density at radius 1 is 1.41 bits per heavy atom. The molecule has 1 rings (SSSR count). The molecule has 0 aliphatic carbocycles. The van der Waals surface area contributed by atoms with Crippen LogP contribution in [0.15, 0.2) is 18.2 Å². The van der Waals surface area contributed by atoms with Gasteiger partial charge in [-0.25, -0.2) is 0 Å². The third-order valence-corrected chi connectivity index (χ3v) is 3.30. The lowest BCUT2D eigenvalue weighted by Gasteiger charge is -2.31. The first-order chi connectivity index (χ1) is 8.13. The van der Waals surface area contributed by atoms with Crippen LogP contribution in [0.25, 0.3) is 0 Å². The molecule has 0 fully saturated rings. The highest BCUT2D eigenvalue weighted by molar-refractivity contribution is 6.31.